The van der Waals surface area contributed by atoms with Gasteiger partial charge in [-0.2, -0.15) is 0 Å². The molecule has 0 amide bonds. The van der Waals surface area contributed by atoms with E-state index in [1.165, 1.54) is 19.2 Å². The molecule has 2 aliphatic rings. The van der Waals surface area contributed by atoms with Crippen LogP contribution in [0.3, 0.4) is 0 Å². The standard InChI is InChI=1S/C26H35N3O3/c30-25(26(31,24-8-4-5-9-24)23-6-2-1-3-7-23)32-18-21(22-16-28-19-29-17-22)11-10-20-12-14-27-15-13-20/h1-3,6-7,16-17,19-21,24,27,31H,4-5,8-15,18H2. The fourth-order valence-corrected chi connectivity index (χ4v) is 5.32. The van der Waals surface area contributed by atoms with E-state index < -0.39 is 11.6 Å². The molecular formula is C26H35N3O3. The third-order valence-electron chi connectivity index (χ3n) is 7.32. The van der Waals surface area contributed by atoms with Crippen molar-refractivity contribution in [2.45, 2.75) is 62.9 Å². The summed E-state index contributed by atoms with van der Waals surface area (Å²) in [6, 6.07) is 9.30. The summed E-state index contributed by atoms with van der Waals surface area (Å²) in [4.78, 5) is 21.7. The van der Waals surface area contributed by atoms with Crippen LogP contribution in [0.25, 0.3) is 0 Å². The number of nitrogens with one attached hydrogen (secondary N) is 1. The average molecular weight is 438 g/mol. The fraction of sp³-hybridized carbons (Fsp3) is 0.577. The third kappa shape index (κ3) is 5.36. The lowest BCUT2D eigenvalue weighted by Gasteiger charge is -2.33. The Morgan fingerprint density at radius 2 is 1.78 bits per heavy atom. The first-order valence-electron chi connectivity index (χ1n) is 12.1. The van der Waals surface area contributed by atoms with Crippen molar-refractivity contribution >= 4 is 5.97 Å². The summed E-state index contributed by atoms with van der Waals surface area (Å²) in [5.74, 6) is 0.0856. The largest absolute Gasteiger partial charge is 0.463 e. The molecule has 6 heteroatoms. The van der Waals surface area contributed by atoms with Crippen LogP contribution in [0.5, 0.6) is 0 Å². The van der Waals surface area contributed by atoms with E-state index in [9.17, 15) is 9.90 Å². The van der Waals surface area contributed by atoms with Gasteiger partial charge in [-0.25, -0.2) is 14.8 Å². The van der Waals surface area contributed by atoms with Crippen molar-refractivity contribution in [1.29, 1.82) is 0 Å². The number of benzene rings is 1. The zero-order valence-electron chi connectivity index (χ0n) is 18.8. The van der Waals surface area contributed by atoms with Crippen LogP contribution in [0.2, 0.25) is 0 Å². The maximum Gasteiger partial charge on any atom is 0.343 e. The van der Waals surface area contributed by atoms with Crippen molar-refractivity contribution < 1.29 is 14.6 Å². The van der Waals surface area contributed by atoms with E-state index in [1.54, 1.807) is 0 Å². The Balaban J connectivity index is 1.47. The van der Waals surface area contributed by atoms with Crippen LogP contribution in [0.15, 0.2) is 49.1 Å². The predicted molar refractivity (Wildman–Crippen MR) is 123 cm³/mol. The monoisotopic (exact) mass is 437 g/mol. The van der Waals surface area contributed by atoms with Crippen molar-refractivity contribution in [3.8, 4) is 0 Å². The van der Waals surface area contributed by atoms with E-state index in [4.69, 9.17) is 4.74 Å². The predicted octanol–water partition coefficient (Wildman–Crippen LogP) is 3.96. The van der Waals surface area contributed by atoms with Crippen molar-refractivity contribution in [2.24, 2.45) is 11.8 Å². The average Bonchev–Trinajstić information content (AvgIpc) is 3.41. The Labute approximate surface area is 190 Å². The highest BCUT2D eigenvalue weighted by Gasteiger charge is 2.48. The number of aromatic nitrogens is 2. The molecule has 2 fully saturated rings. The minimum Gasteiger partial charge on any atom is -0.463 e. The number of hydrogen-bond acceptors (Lipinski definition) is 6. The number of carbonyl (C=O) groups is 1. The molecular weight excluding hydrogens is 402 g/mol. The second-order valence-corrected chi connectivity index (χ2v) is 9.35. The number of hydrogen-bond donors (Lipinski definition) is 2. The van der Waals surface area contributed by atoms with Crippen molar-refractivity contribution in [1.82, 2.24) is 15.3 Å². The van der Waals surface area contributed by atoms with Gasteiger partial charge < -0.3 is 15.2 Å². The second kappa shape index (κ2) is 11.0. The highest BCUT2D eigenvalue weighted by atomic mass is 16.5. The van der Waals surface area contributed by atoms with Crippen molar-refractivity contribution in [3.05, 3.63) is 60.2 Å². The molecule has 2 unspecified atom stereocenters. The molecule has 1 saturated carbocycles. The van der Waals surface area contributed by atoms with Crippen LogP contribution in [0, 0.1) is 11.8 Å². The maximum atomic E-state index is 13.4. The van der Waals surface area contributed by atoms with Gasteiger partial charge in [0.15, 0.2) is 5.60 Å². The van der Waals surface area contributed by atoms with Gasteiger partial charge in [-0.1, -0.05) is 43.2 Å². The number of piperidine rings is 1. The number of nitrogens with zero attached hydrogens (tertiary/aromatic N) is 2. The second-order valence-electron chi connectivity index (χ2n) is 9.35. The van der Waals surface area contributed by atoms with Crippen LogP contribution in [0.1, 0.15) is 68.4 Å². The highest BCUT2D eigenvalue weighted by Crippen LogP contribution is 2.41. The van der Waals surface area contributed by atoms with E-state index in [0.717, 1.165) is 57.2 Å². The molecule has 2 atom stereocenters. The number of rotatable bonds is 9. The van der Waals surface area contributed by atoms with Gasteiger partial charge in [0.05, 0.1) is 6.61 Å². The molecule has 4 rings (SSSR count). The van der Waals surface area contributed by atoms with E-state index in [2.05, 4.69) is 15.3 Å². The van der Waals surface area contributed by atoms with Gasteiger partial charge in [0.1, 0.15) is 6.33 Å². The molecule has 172 valence electrons. The normalized spacial score (nSPS) is 20.5. The molecule has 2 aromatic rings. The van der Waals surface area contributed by atoms with Crippen molar-refractivity contribution in [3.63, 3.8) is 0 Å². The van der Waals surface area contributed by atoms with Crippen LogP contribution < -0.4 is 5.32 Å². The molecule has 2 heterocycles. The molecule has 1 aromatic heterocycles. The van der Waals surface area contributed by atoms with Gasteiger partial charge in [0, 0.05) is 24.2 Å². The summed E-state index contributed by atoms with van der Waals surface area (Å²) in [6.07, 6.45) is 13.3. The zero-order chi connectivity index (χ0) is 22.2. The first-order chi connectivity index (χ1) is 15.7. The number of aliphatic hydroxyl groups is 1. The summed E-state index contributed by atoms with van der Waals surface area (Å²) in [5, 5.41) is 15.1. The first-order valence-corrected chi connectivity index (χ1v) is 12.1. The van der Waals surface area contributed by atoms with Crippen molar-refractivity contribution in [2.75, 3.05) is 19.7 Å². The zero-order valence-corrected chi connectivity index (χ0v) is 18.8. The molecule has 0 spiro atoms. The molecule has 1 saturated heterocycles. The smallest absolute Gasteiger partial charge is 0.343 e. The van der Waals surface area contributed by atoms with Gasteiger partial charge in [-0.05, 0) is 68.7 Å². The molecule has 0 radical (unpaired) electrons. The lowest BCUT2D eigenvalue weighted by Crippen LogP contribution is -2.44. The minimum absolute atomic E-state index is 0.0265. The van der Waals surface area contributed by atoms with Gasteiger partial charge >= 0.3 is 5.97 Å². The SMILES string of the molecule is O=C(OCC(CCC1CCNCC1)c1cncnc1)C(O)(c1ccccc1)C1CCCC1. The van der Waals surface area contributed by atoms with Gasteiger partial charge in [-0.3, -0.25) is 0 Å². The van der Waals surface area contributed by atoms with Gasteiger partial charge in [0.2, 0.25) is 0 Å². The van der Waals surface area contributed by atoms with E-state index in [0.29, 0.717) is 11.5 Å². The minimum atomic E-state index is -1.59. The summed E-state index contributed by atoms with van der Waals surface area (Å²) in [5.41, 5.74) is 0.0226. The Morgan fingerprint density at radius 3 is 2.47 bits per heavy atom. The fourth-order valence-electron chi connectivity index (χ4n) is 5.32. The summed E-state index contributed by atoms with van der Waals surface area (Å²) >= 11 is 0. The van der Waals surface area contributed by atoms with E-state index in [-0.39, 0.29) is 18.4 Å². The molecule has 0 bridgehead atoms. The van der Waals surface area contributed by atoms with Crippen LogP contribution >= 0.6 is 0 Å². The summed E-state index contributed by atoms with van der Waals surface area (Å²) in [6.45, 7) is 2.38. The summed E-state index contributed by atoms with van der Waals surface area (Å²) in [7, 11) is 0. The first kappa shape index (κ1) is 22.9. The van der Waals surface area contributed by atoms with Crippen LogP contribution in [-0.4, -0.2) is 40.7 Å². The lowest BCUT2D eigenvalue weighted by atomic mass is 9.80. The number of esters is 1. The molecule has 32 heavy (non-hydrogen) atoms. The Hall–Kier alpha value is -2.31. The van der Waals surface area contributed by atoms with Gasteiger partial charge in [0.25, 0.3) is 0 Å². The van der Waals surface area contributed by atoms with E-state index >= 15 is 0 Å². The molecule has 1 aliphatic heterocycles. The molecule has 1 aromatic carbocycles. The highest BCUT2D eigenvalue weighted by molar-refractivity contribution is 5.81. The maximum absolute atomic E-state index is 13.4. The number of ether oxygens (including phenoxy) is 1. The van der Waals surface area contributed by atoms with Crippen LogP contribution in [0.4, 0.5) is 0 Å². The quantitative estimate of drug-likeness (QED) is 0.578. The molecule has 6 nitrogen and oxygen atoms in total. The Bertz CT molecular complexity index is 836. The van der Waals surface area contributed by atoms with E-state index in [1.807, 2.05) is 42.7 Å². The number of carbonyl (C=O) groups excluding carboxylic acids is 1. The Kier molecular flexibility index (Phi) is 7.87. The van der Waals surface area contributed by atoms with Gasteiger partial charge in [-0.15, -0.1) is 0 Å². The Morgan fingerprint density at radius 1 is 1.09 bits per heavy atom. The third-order valence-corrected chi connectivity index (χ3v) is 7.32. The topological polar surface area (TPSA) is 84.3 Å². The summed E-state index contributed by atoms with van der Waals surface area (Å²) < 4.78 is 5.87. The lowest BCUT2D eigenvalue weighted by molar-refractivity contribution is -0.174. The molecule has 2 N–H and O–H groups in total. The van der Waals surface area contributed by atoms with Crippen LogP contribution in [-0.2, 0) is 15.1 Å². The molecule has 1 aliphatic carbocycles.